The molecule has 0 aliphatic carbocycles. The molecule has 112 valence electrons. The number of hydrogen-bond donors (Lipinski definition) is 1. The van der Waals surface area contributed by atoms with Gasteiger partial charge in [-0.05, 0) is 33.6 Å². The minimum Gasteiger partial charge on any atom is -0.466 e. The summed E-state index contributed by atoms with van der Waals surface area (Å²) in [5.74, 6) is -0.351. The largest absolute Gasteiger partial charge is 0.466 e. The number of hydrogen-bond acceptors (Lipinski definition) is 4. The fourth-order valence-corrected chi connectivity index (χ4v) is 2.13. The zero-order valence-electron chi connectivity index (χ0n) is 12.0. The SMILES string of the molecule is CCOC(=O)C1CCCN(C(=O)C(C)(C)CN)C1.Cl. The Morgan fingerprint density at radius 1 is 1.42 bits per heavy atom. The maximum Gasteiger partial charge on any atom is 0.310 e. The molecule has 1 heterocycles. The summed E-state index contributed by atoms with van der Waals surface area (Å²) in [6.45, 7) is 7.33. The topological polar surface area (TPSA) is 72.6 Å². The molecule has 19 heavy (non-hydrogen) atoms. The van der Waals surface area contributed by atoms with Gasteiger partial charge in [0.05, 0.1) is 17.9 Å². The van der Waals surface area contributed by atoms with Gasteiger partial charge >= 0.3 is 5.97 Å². The minimum atomic E-state index is -0.559. The first-order chi connectivity index (χ1) is 8.42. The van der Waals surface area contributed by atoms with Gasteiger partial charge in [0, 0.05) is 19.6 Å². The third kappa shape index (κ3) is 4.66. The number of carbonyl (C=O) groups excluding carboxylic acids is 2. The molecular formula is C13H25ClN2O3. The summed E-state index contributed by atoms with van der Waals surface area (Å²) in [5.41, 5.74) is 5.06. The third-order valence-electron chi connectivity index (χ3n) is 3.42. The van der Waals surface area contributed by atoms with Gasteiger partial charge in [0.1, 0.15) is 0 Å². The molecule has 0 spiro atoms. The van der Waals surface area contributed by atoms with Crippen molar-refractivity contribution in [3.05, 3.63) is 0 Å². The summed E-state index contributed by atoms with van der Waals surface area (Å²) < 4.78 is 5.02. The van der Waals surface area contributed by atoms with Crippen molar-refractivity contribution in [2.75, 3.05) is 26.2 Å². The van der Waals surface area contributed by atoms with E-state index in [-0.39, 0.29) is 30.2 Å². The van der Waals surface area contributed by atoms with Crippen LogP contribution >= 0.6 is 12.4 Å². The summed E-state index contributed by atoms with van der Waals surface area (Å²) in [6.07, 6.45) is 1.64. The zero-order valence-corrected chi connectivity index (χ0v) is 12.8. The van der Waals surface area contributed by atoms with Crippen molar-refractivity contribution in [3.63, 3.8) is 0 Å². The van der Waals surface area contributed by atoms with Gasteiger partial charge in [0.2, 0.25) is 5.91 Å². The third-order valence-corrected chi connectivity index (χ3v) is 3.42. The fraction of sp³-hybridized carbons (Fsp3) is 0.846. The van der Waals surface area contributed by atoms with Crippen LogP contribution in [0, 0.1) is 11.3 Å². The molecule has 1 atom stereocenters. The van der Waals surface area contributed by atoms with E-state index in [1.165, 1.54) is 0 Å². The van der Waals surface area contributed by atoms with Crippen LogP contribution in [0.2, 0.25) is 0 Å². The molecule has 0 aromatic carbocycles. The van der Waals surface area contributed by atoms with E-state index < -0.39 is 5.41 Å². The van der Waals surface area contributed by atoms with E-state index in [1.54, 1.807) is 11.8 Å². The van der Waals surface area contributed by atoms with E-state index in [0.29, 0.717) is 26.2 Å². The Bertz CT molecular complexity index is 321. The maximum atomic E-state index is 12.3. The average Bonchev–Trinajstić information content (AvgIpc) is 2.38. The highest BCUT2D eigenvalue weighted by Gasteiger charge is 2.35. The van der Waals surface area contributed by atoms with Crippen molar-refractivity contribution in [2.24, 2.45) is 17.1 Å². The van der Waals surface area contributed by atoms with Crippen molar-refractivity contribution in [3.8, 4) is 0 Å². The van der Waals surface area contributed by atoms with Crippen molar-refractivity contribution in [1.82, 2.24) is 4.90 Å². The molecule has 0 radical (unpaired) electrons. The normalized spacial score (nSPS) is 19.6. The highest BCUT2D eigenvalue weighted by Crippen LogP contribution is 2.23. The van der Waals surface area contributed by atoms with E-state index >= 15 is 0 Å². The molecule has 1 fully saturated rings. The summed E-state index contributed by atoms with van der Waals surface area (Å²) in [6, 6.07) is 0. The second-order valence-electron chi connectivity index (χ2n) is 5.43. The average molecular weight is 293 g/mol. The molecule has 0 bridgehead atoms. The molecule has 6 heteroatoms. The molecule has 5 nitrogen and oxygen atoms in total. The first kappa shape index (κ1) is 18.2. The number of esters is 1. The highest BCUT2D eigenvalue weighted by atomic mass is 35.5. The van der Waals surface area contributed by atoms with Crippen LogP contribution in [-0.2, 0) is 14.3 Å². The van der Waals surface area contributed by atoms with Crippen LogP contribution in [-0.4, -0.2) is 43.0 Å². The van der Waals surface area contributed by atoms with Crippen LogP contribution < -0.4 is 5.73 Å². The Morgan fingerprint density at radius 3 is 2.58 bits per heavy atom. The number of nitrogens with zero attached hydrogens (tertiary/aromatic N) is 1. The second kappa shape index (κ2) is 7.70. The fourth-order valence-electron chi connectivity index (χ4n) is 2.13. The molecule has 0 saturated carbocycles. The molecule has 1 amide bonds. The number of ether oxygens (including phenoxy) is 1. The van der Waals surface area contributed by atoms with Gasteiger partial charge in [-0.15, -0.1) is 12.4 Å². The molecule has 0 aromatic rings. The molecule has 1 aliphatic heterocycles. The predicted octanol–water partition coefficient (Wildman–Crippen LogP) is 1.19. The highest BCUT2D eigenvalue weighted by molar-refractivity contribution is 5.85. The lowest BCUT2D eigenvalue weighted by Crippen LogP contribution is -2.49. The number of amides is 1. The molecule has 2 N–H and O–H groups in total. The molecule has 1 saturated heterocycles. The Kier molecular flexibility index (Phi) is 7.37. The van der Waals surface area contributed by atoms with E-state index in [4.69, 9.17) is 10.5 Å². The smallest absolute Gasteiger partial charge is 0.310 e. The number of nitrogens with two attached hydrogens (primary N) is 1. The van der Waals surface area contributed by atoms with E-state index in [2.05, 4.69) is 0 Å². The van der Waals surface area contributed by atoms with Gasteiger partial charge in [-0.2, -0.15) is 0 Å². The van der Waals surface area contributed by atoms with Crippen molar-refractivity contribution < 1.29 is 14.3 Å². The maximum absolute atomic E-state index is 12.3. The Hall–Kier alpha value is -0.810. The first-order valence-corrected chi connectivity index (χ1v) is 6.58. The van der Waals surface area contributed by atoms with Gasteiger partial charge in [0.15, 0.2) is 0 Å². The Balaban J connectivity index is 0.00000324. The van der Waals surface area contributed by atoms with Crippen molar-refractivity contribution >= 4 is 24.3 Å². The van der Waals surface area contributed by atoms with Crippen LogP contribution in [0.4, 0.5) is 0 Å². The zero-order chi connectivity index (χ0) is 13.8. The molecule has 0 aromatic heterocycles. The van der Waals surface area contributed by atoms with Crippen LogP contribution in [0.1, 0.15) is 33.6 Å². The number of piperidine rings is 1. The molecule has 1 unspecified atom stereocenters. The molecule has 1 rings (SSSR count). The summed E-state index contributed by atoms with van der Waals surface area (Å²) in [5, 5.41) is 0. The van der Waals surface area contributed by atoms with E-state index in [9.17, 15) is 9.59 Å². The van der Waals surface area contributed by atoms with Gasteiger partial charge in [-0.1, -0.05) is 0 Å². The summed E-state index contributed by atoms with van der Waals surface area (Å²) >= 11 is 0. The van der Waals surface area contributed by atoms with Crippen LogP contribution in [0.3, 0.4) is 0 Å². The standard InChI is InChI=1S/C13H24N2O3.ClH/c1-4-18-11(16)10-6-5-7-15(8-10)12(17)13(2,3)9-14;/h10H,4-9,14H2,1-3H3;1H. The van der Waals surface area contributed by atoms with Crippen molar-refractivity contribution in [2.45, 2.75) is 33.6 Å². The Labute approximate surface area is 121 Å². The van der Waals surface area contributed by atoms with Gasteiger partial charge < -0.3 is 15.4 Å². The predicted molar refractivity (Wildman–Crippen MR) is 76.0 cm³/mol. The Morgan fingerprint density at radius 2 is 2.05 bits per heavy atom. The van der Waals surface area contributed by atoms with E-state index in [0.717, 1.165) is 12.8 Å². The van der Waals surface area contributed by atoms with Gasteiger partial charge in [0.25, 0.3) is 0 Å². The van der Waals surface area contributed by atoms with Gasteiger partial charge in [-0.3, -0.25) is 9.59 Å². The van der Waals surface area contributed by atoms with Crippen LogP contribution in [0.25, 0.3) is 0 Å². The second-order valence-corrected chi connectivity index (χ2v) is 5.43. The first-order valence-electron chi connectivity index (χ1n) is 6.58. The van der Waals surface area contributed by atoms with E-state index in [1.807, 2.05) is 13.8 Å². The lowest BCUT2D eigenvalue weighted by molar-refractivity contribution is -0.152. The van der Waals surface area contributed by atoms with Gasteiger partial charge in [-0.25, -0.2) is 0 Å². The quantitative estimate of drug-likeness (QED) is 0.790. The van der Waals surface area contributed by atoms with Crippen molar-refractivity contribution in [1.29, 1.82) is 0 Å². The number of carbonyl (C=O) groups is 2. The number of rotatable bonds is 4. The monoisotopic (exact) mass is 292 g/mol. The lowest BCUT2D eigenvalue weighted by Gasteiger charge is -2.36. The molecular weight excluding hydrogens is 268 g/mol. The summed E-state index contributed by atoms with van der Waals surface area (Å²) in [7, 11) is 0. The minimum absolute atomic E-state index is 0. The molecule has 1 aliphatic rings. The number of likely N-dealkylation sites (tertiary alicyclic amines) is 1. The number of halogens is 1. The van der Waals surface area contributed by atoms with Crippen LogP contribution in [0.15, 0.2) is 0 Å². The summed E-state index contributed by atoms with van der Waals surface area (Å²) in [4.78, 5) is 25.7. The van der Waals surface area contributed by atoms with Crippen LogP contribution in [0.5, 0.6) is 0 Å². The lowest BCUT2D eigenvalue weighted by atomic mass is 9.89.